The second-order valence-electron chi connectivity index (χ2n) is 5.84. The van der Waals surface area contributed by atoms with Crippen molar-refractivity contribution in [1.29, 1.82) is 0 Å². The molecule has 0 aromatic heterocycles. The molecule has 0 aliphatic carbocycles. The highest BCUT2D eigenvalue weighted by atomic mass is 16.7. The highest BCUT2D eigenvalue weighted by molar-refractivity contribution is 4.71. The first-order chi connectivity index (χ1) is 9.33. The first kappa shape index (κ1) is 15.2. The van der Waals surface area contributed by atoms with Crippen molar-refractivity contribution in [2.75, 3.05) is 39.5 Å². The molecule has 0 aromatic carbocycles. The second kappa shape index (κ2) is 8.20. The number of quaternary nitrogens is 1. The number of ether oxygens (including phenoxy) is 3. The molecule has 19 heavy (non-hydrogen) atoms. The van der Waals surface area contributed by atoms with Crippen molar-refractivity contribution >= 4 is 0 Å². The summed E-state index contributed by atoms with van der Waals surface area (Å²) in [5.41, 5.74) is 0. The Balaban J connectivity index is 1.71. The zero-order chi connectivity index (χ0) is 13.5. The lowest BCUT2D eigenvalue weighted by Gasteiger charge is -2.26. The van der Waals surface area contributed by atoms with Gasteiger partial charge in [0.1, 0.15) is 25.7 Å². The highest BCUT2D eigenvalue weighted by Gasteiger charge is 2.33. The van der Waals surface area contributed by atoms with Crippen LogP contribution in [0.1, 0.15) is 39.5 Å². The number of hydrogen-bond donors (Lipinski definition) is 1. The molecule has 2 heterocycles. The Hall–Kier alpha value is -0.160. The van der Waals surface area contributed by atoms with Crippen LogP contribution in [0.5, 0.6) is 0 Å². The molecule has 0 radical (unpaired) electrons. The van der Waals surface area contributed by atoms with E-state index in [0.29, 0.717) is 5.92 Å². The van der Waals surface area contributed by atoms with Crippen LogP contribution in [0.15, 0.2) is 0 Å². The van der Waals surface area contributed by atoms with Gasteiger partial charge in [0.05, 0.1) is 19.8 Å². The third kappa shape index (κ3) is 4.71. The largest absolute Gasteiger partial charge is 0.370 e. The van der Waals surface area contributed by atoms with Crippen molar-refractivity contribution in [2.24, 2.45) is 5.92 Å². The fourth-order valence-corrected chi connectivity index (χ4v) is 3.01. The Labute approximate surface area is 117 Å². The van der Waals surface area contributed by atoms with Crippen molar-refractivity contribution in [3.63, 3.8) is 0 Å². The van der Waals surface area contributed by atoms with E-state index >= 15 is 0 Å². The third-order valence-corrected chi connectivity index (χ3v) is 4.33. The molecular formula is C15H30NO3+. The van der Waals surface area contributed by atoms with E-state index in [2.05, 4.69) is 13.8 Å². The molecule has 4 heteroatoms. The topological polar surface area (TPSA) is 32.1 Å². The fourth-order valence-electron chi connectivity index (χ4n) is 3.01. The number of hydrogen-bond acceptors (Lipinski definition) is 3. The van der Waals surface area contributed by atoms with Gasteiger partial charge in [-0.05, 0) is 12.8 Å². The van der Waals surface area contributed by atoms with Gasteiger partial charge >= 0.3 is 0 Å². The van der Waals surface area contributed by atoms with Gasteiger partial charge in [-0.1, -0.05) is 26.7 Å². The van der Waals surface area contributed by atoms with Gasteiger partial charge in [0.15, 0.2) is 6.29 Å². The summed E-state index contributed by atoms with van der Waals surface area (Å²) in [6.07, 6.45) is 5.25. The van der Waals surface area contributed by atoms with Gasteiger partial charge in [0.25, 0.3) is 0 Å². The van der Waals surface area contributed by atoms with Crippen LogP contribution in [-0.2, 0) is 14.2 Å². The summed E-state index contributed by atoms with van der Waals surface area (Å²) in [5, 5.41) is 0. The molecule has 0 aromatic rings. The maximum absolute atomic E-state index is 6.13. The molecule has 1 N–H and O–H groups in total. The summed E-state index contributed by atoms with van der Waals surface area (Å²) in [5.74, 6) is 0.574. The van der Waals surface area contributed by atoms with Gasteiger partial charge in [-0.2, -0.15) is 0 Å². The zero-order valence-electron chi connectivity index (χ0n) is 12.5. The van der Waals surface area contributed by atoms with Crippen molar-refractivity contribution in [3.8, 4) is 0 Å². The standard InChI is InChI=1S/C15H29NO3/c1-3-5-6-13(4-2)15-18-12-14(19-15)11-16-7-9-17-10-8-16/h13-15H,3-12H2,1-2H3/p+1/t13-,14-,15+/m0/s1. The quantitative estimate of drug-likeness (QED) is 0.746. The lowest BCUT2D eigenvalue weighted by atomic mass is 9.99. The molecule has 112 valence electrons. The van der Waals surface area contributed by atoms with Gasteiger partial charge in [0, 0.05) is 5.92 Å². The van der Waals surface area contributed by atoms with Crippen molar-refractivity contribution in [3.05, 3.63) is 0 Å². The predicted octanol–water partition coefficient (Wildman–Crippen LogP) is 0.859. The molecule has 0 saturated carbocycles. The van der Waals surface area contributed by atoms with E-state index in [4.69, 9.17) is 14.2 Å². The average molecular weight is 272 g/mol. The monoisotopic (exact) mass is 272 g/mol. The molecule has 0 unspecified atom stereocenters. The predicted molar refractivity (Wildman–Crippen MR) is 74.3 cm³/mol. The molecule has 2 fully saturated rings. The van der Waals surface area contributed by atoms with Crippen LogP contribution in [0, 0.1) is 5.92 Å². The SMILES string of the molecule is CCCC[C@H](CC)[C@@H]1OC[C@H](C[NH+]2CCOCC2)O1. The van der Waals surface area contributed by atoms with E-state index in [1.807, 2.05) is 0 Å². The van der Waals surface area contributed by atoms with E-state index in [9.17, 15) is 0 Å². The van der Waals surface area contributed by atoms with Crippen LogP contribution in [0.4, 0.5) is 0 Å². The minimum absolute atomic E-state index is 0.0435. The normalized spacial score (nSPS) is 30.6. The first-order valence-electron chi connectivity index (χ1n) is 8.01. The van der Waals surface area contributed by atoms with Crippen LogP contribution in [-0.4, -0.2) is 51.8 Å². The van der Waals surface area contributed by atoms with E-state index < -0.39 is 0 Å². The molecule has 4 nitrogen and oxygen atoms in total. The minimum Gasteiger partial charge on any atom is -0.370 e. The smallest absolute Gasteiger partial charge is 0.161 e. The molecule has 2 rings (SSSR count). The van der Waals surface area contributed by atoms with Crippen LogP contribution >= 0.6 is 0 Å². The summed E-state index contributed by atoms with van der Waals surface area (Å²) >= 11 is 0. The Morgan fingerprint density at radius 2 is 2.00 bits per heavy atom. The number of rotatable bonds is 7. The summed E-state index contributed by atoms with van der Waals surface area (Å²) in [7, 11) is 0. The summed E-state index contributed by atoms with van der Waals surface area (Å²) in [6, 6.07) is 0. The van der Waals surface area contributed by atoms with Gasteiger partial charge < -0.3 is 19.1 Å². The van der Waals surface area contributed by atoms with Gasteiger partial charge in [-0.3, -0.25) is 0 Å². The van der Waals surface area contributed by atoms with Gasteiger partial charge in [-0.15, -0.1) is 0 Å². The molecular weight excluding hydrogens is 242 g/mol. The number of unbranched alkanes of at least 4 members (excludes halogenated alkanes) is 1. The number of nitrogens with one attached hydrogen (secondary N) is 1. The third-order valence-electron chi connectivity index (χ3n) is 4.33. The molecule has 2 aliphatic heterocycles. The van der Waals surface area contributed by atoms with Crippen molar-refractivity contribution in [1.82, 2.24) is 0 Å². The van der Waals surface area contributed by atoms with E-state index in [1.54, 1.807) is 4.90 Å². The Morgan fingerprint density at radius 1 is 1.21 bits per heavy atom. The Bertz CT molecular complexity index is 244. The summed E-state index contributed by atoms with van der Waals surface area (Å²) in [4.78, 5) is 1.60. The molecule has 3 atom stereocenters. The maximum Gasteiger partial charge on any atom is 0.161 e. The highest BCUT2D eigenvalue weighted by Crippen LogP contribution is 2.25. The van der Waals surface area contributed by atoms with E-state index in [1.165, 1.54) is 19.3 Å². The maximum atomic E-state index is 6.13. The van der Waals surface area contributed by atoms with Crippen LogP contribution < -0.4 is 4.90 Å². The molecule has 2 aliphatic rings. The summed E-state index contributed by atoms with van der Waals surface area (Å²) in [6.45, 7) is 10.3. The van der Waals surface area contributed by atoms with Crippen LogP contribution in [0.2, 0.25) is 0 Å². The molecule has 0 amide bonds. The Kier molecular flexibility index (Phi) is 6.57. The molecule has 0 bridgehead atoms. The van der Waals surface area contributed by atoms with Crippen molar-refractivity contribution in [2.45, 2.75) is 51.9 Å². The Morgan fingerprint density at radius 3 is 2.68 bits per heavy atom. The minimum atomic E-state index is 0.0435. The molecule has 2 saturated heterocycles. The zero-order valence-corrected chi connectivity index (χ0v) is 12.5. The lowest BCUT2D eigenvalue weighted by molar-refractivity contribution is -0.910. The van der Waals surface area contributed by atoms with Crippen molar-refractivity contribution < 1.29 is 19.1 Å². The van der Waals surface area contributed by atoms with Crippen LogP contribution in [0.25, 0.3) is 0 Å². The fraction of sp³-hybridized carbons (Fsp3) is 1.00. The van der Waals surface area contributed by atoms with E-state index in [0.717, 1.165) is 45.9 Å². The first-order valence-corrected chi connectivity index (χ1v) is 8.01. The second-order valence-corrected chi connectivity index (χ2v) is 5.84. The summed E-state index contributed by atoms with van der Waals surface area (Å²) < 4.78 is 17.4. The lowest BCUT2D eigenvalue weighted by Crippen LogP contribution is -3.15. The average Bonchev–Trinajstić information content (AvgIpc) is 2.89. The molecule has 0 spiro atoms. The van der Waals surface area contributed by atoms with Gasteiger partial charge in [-0.25, -0.2) is 0 Å². The van der Waals surface area contributed by atoms with Gasteiger partial charge in [0.2, 0.25) is 0 Å². The van der Waals surface area contributed by atoms with Crippen LogP contribution in [0.3, 0.4) is 0 Å². The van der Waals surface area contributed by atoms with E-state index in [-0.39, 0.29) is 12.4 Å². The number of morpholine rings is 1.